The van der Waals surface area contributed by atoms with Crippen LogP contribution in [0.1, 0.15) is 17.3 Å². The first-order valence-corrected chi connectivity index (χ1v) is 4.05. The number of nitrogens with two attached hydrogens (primary N) is 1. The van der Waals surface area contributed by atoms with Crippen LogP contribution in [0, 0.1) is 20.8 Å². The molecule has 0 aliphatic carbocycles. The first-order chi connectivity index (χ1) is 6.09. The maximum atomic E-state index is 5.54. The van der Waals surface area contributed by atoms with Gasteiger partial charge in [0.25, 0.3) is 0 Å². The van der Waals surface area contributed by atoms with Gasteiger partial charge in [0.15, 0.2) is 5.65 Å². The van der Waals surface area contributed by atoms with Crippen molar-refractivity contribution in [3.63, 3.8) is 0 Å². The lowest BCUT2D eigenvalue weighted by atomic mass is 10.5. The number of hydrogen-bond donors (Lipinski definition) is 1. The molecule has 0 bridgehead atoms. The van der Waals surface area contributed by atoms with E-state index in [4.69, 9.17) is 5.73 Å². The predicted molar refractivity (Wildman–Crippen MR) is 49.4 cm³/mol. The lowest BCUT2D eigenvalue weighted by molar-refractivity contribution is 0.910. The van der Waals surface area contributed by atoms with Crippen LogP contribution in [0.3, 0.4) is 0 Å². The lowest BCUT2D eigenvalue weighted by Crippen LogP contribution is -2.04. The summed E-state index contributed by atoms with van der Waals surface area (Å²) in [5.74, 6) is 2.01. The summed E-state index contributed by atoms with van der Waals surface area (Å²) in [7, 11) is 0. The molecule has 68 valence electrons. The van der Waals surface area contributed by atoms with Gasteiger partial charge in [-0.3, -0.25) is 4.40 Å². The number of nitrogens with zero attached hydrogens (tertiary/aromatic N) is 4. The van der Waals surface area contributed by atoms with E-state index in [0.29, 0.717) is 5.95 Å². The van der Waals surface area contributed by atoms with Gasteiger partial charge >= 0.3 is 0 Å². The zero-order valence-corrected chi connectivity index (χ0v) is 7.87. The highest BCUT2D eigenvalue weighted by Gasteiger charge is 2.08. The summed E-state index contributed by atoms with van der Waals surface area (Å²) >= 11 is 0. The second-order valence-corrected chi connectivity index (χ2v) is 3.03. The summed E-state index contributed by atoms with van der Waals surface area (Å²) in [5.41, 5.74) is 7.22. The Morgan fingerprint density at radius 3 is 2.31 bits per heavy atom. The highest BCUT2D eigenvalue weighted by Crippen LogP contribution is 2.11. The van der Waals surface area contributed by atoms with Crippen molar-refractivity contribution in [3.05, 3.63) is 17.3 Å². The fraction of sp³-hybridized carbons (Fsp3) is 0.375. The van der Waals surface area contributed by atoms with Crippen LogP contribution >= 0.6 is 0 Å². The van der Waals surface area contributed by atoms with Gasteiger partial charge in [0, 0.05) is 0 Å². The van der Waals surface area contributed by atoms with Crippen LogP contribution in [0.4, 0.5) is 5.95 Å². The van der Waals surface area contributed by atoms with Gasteiger partial charge in [0.05, 0.1) is 5.69 Å². The summed E-state index contributed by atoms with van der Waals surface area (Å²) < 4.78 is 1.89. The first kappa shape index (κ1) is 7.97. The van der Waals surface area contributed by atoms with Crippen LogP contribution in [0.25, 0.3) is 5.65 Å². The molecule has 0 fully saturated rings. The number of nitrogen functional groups attached to an aromatic ring is 1. The maximum absolute atomic E-state index is 5.54. The van der Waals surface area contributed by atoms with Crippen molar-refractivity contribution in [1.82, 2.24) is 19.4 Å². The van der Waals surface area contributed by atoms with Crippen molar-refractivity contribution < 1.29 is 0 Å². The van der Waals surface area contributed by atoms with Gasteiger partial charge in [-0.25, -0.2) is 4.98 Å². The molecular weight excluding hydrogens is 166 g/mol. The second-order valence-electron chi connectivity index (χ2n) is 3.03. The van der Waals surface area contributed by atoms with Crippen LogP contribution in [0.2, 0.25) is 0 Å². The van der Waals surface area contributed by atoms with Crippen LogP contribution in [-0.4, -0.2) is 19.4 Å². The maximum Gasteiger partial charge on any atom is 0.223 e. The molecule has 0 unspecified atom stereocenters. The molecule has 0 radical (unpaired) electrons. The Bertz CT molecular complexity index is 471. The summed E-state index contributed by atoms with van der Waals surface area (Å²) in [6, 6.07) is 0. The van der Waals surface area contributed by atoms with Crippen molar-refractivity contribution in [1.29, 1.82) is 0 Å². The number of aryl methyl sites for hydroxylation is 3. The van der Waals surface area contributed by atoms with Crippen molar-refractivity contribution >= 4 is 11.6 Å². The molecule has 2 aromatic heterocycles. The Balaban J connectivity index is 2.97. The second kappa shape index (κ2) is 2.42. The number of anilines is 1. The van der Waals surface area contributed by atoms with Crippen LogP contribution in [0.5, 0.6) is 0 Å². The van der Waals surface area contributed by atoms with Gasteiger partial charge in [0.1, 0.15) is 11.6 Å². The van der Waals surface area contributed by atoms with Crippen molar-refractivity contribution in [2.45, 2.75) is 20.8 Å². The number of hydrogen-bond acceptors (Lipinski definition) is 4. The molecule has 0 aliphatic heterocycles. The van der Waals surface area contributed by atoms with E-state index >= 15 is 0 Å². The zero-order valence-electron chi connectivity index (χ0n) is 7.87. The van der Waals surface area contributed by atoms with E-state index in [1.54, 1.807) is 0 Å². The van der Waals surface area contributed by atoms with E-state index in [-0.39, 0.29) is 0 Å². The molecule has 2 rings (SSSR count). The largest absolute Gasteiger partial charge is 0.368 e. The average Bonchev–Trinajstić information content (AvgIpc) is 2.27. The van der Waals surface area contributed by atoms with E-state index in [1.165, 1.54) is 0 Å². The van der Waals surface area contributed by atoms with Gasteiger partial charge in [0.2, 0.25) is 5.95 Å². The molecule has 5 heteroatoms. The van der Waals surface area contributed by atoms with Crippen LogP contribution < -0.4 is 5.73 Å². The van der Waals surface area contributed by atoms with E-state index < -0.39 is 0 Å². The molecule has 2 N–H and O–H groups in total. The molecular formula is C8H11N5. The summed E-state index contributed by atoms with van der Waals surface area (Å²) in [6.07, 6.45) is 0. The standard InChI is InChI=1S/C8H11N5/c1-4-7-12-8(9)11-6(3)13(7)5(2)10-4/h1-3H3,(H2,9,12). The zero-order chi connectivity index (χ0) is 9.59. The number of fused-ring (bicyclic) bond motifs is 1. The first-order valence-electron chi connectivity index (χ1n) is 4.05. The summed E-state index contributed by atoms with van der Waals surface area (Å²) in [6.45, 7) is 5.72. The molecule has 2 heterocycles. The topological polar surface area (TPSA) is 69.1 Å². The molecule has 0 aromatic carbocycles. The van der Waals surface area contributed by atoms with Crippen LogP contribution in [0.15, 0.2) is 0 Å². The average molecular weight is 177 g/mol. The number of rotatable bonds is 0. The molecule has 0 spiro atoms. The highest BCUT2D eigenvalue weighted by atomic mass is 15.2. The molecule has 0 atom stereocenters. The Hall–Kier alpha value is -1.65. The highest BCUT2D eigenvalue weighted by molar-refractivity contribution is 5.48. The fourth-order valence-electron chi connectivity index (χ4n) is 1.53. The van der Waals surface area contributed by atoms with Gasteiger partial charge in [-0.15, -0.1) is 0 Å². The Morgan fingerprint density at radius 1 is 1.00 bits per heavy atom. The van der Waals surface area contributed by atoms with Gasteiger partial charge < -0.3 is 5.73 Å². The van der Waals surface area contributed by atoms with Crippen LogP contribution in [-0.2, 0) is 0 Å². The molecule has 2 aromatic rings. The predicted octanol–water partition coefficient (Wildman–Crippen LogP) is 0.632. The SMILES string of the molecule is Cc1nc(C)n2c(C)nc(N)nc12. The van der Waals surface area contributed by atoms with Crippen molar-refractivity contribution in [2.75, 3.05) is 5.73 Å². The molecule has 0 saturated heterocycles. The van der Waals surface area contributed by atoms with Gasteiger partial charge in [-0.1, -0.05) is 0 Å². The molecule has 0 amide bonds. The van der Waals surface area contributed by atoms with Crippen molar-refractivity contribution in [2.24, 2.45) is 0 Å². The minimum absolute atomic E-state index is 0.299. The molecule has 0 aliphatic rings. The van der Waals surface area contributed by atoms with E-state index in [0.717, 1.165) is 23.0 Å². The van der Waals surface area contributed by atoms with Gasteiger partial charge in [-0.05, 0) is 20.8 Å². The third kappa shape index (κ3) is 1.04. The Labute approximate surface area is 75.6 Å². The smallest absolute Gasteiger partial charge is 0.223 e. The molecule has 5 nitrogen and oxygen atoms in total. The third-order valence-corrected chi connectivity index (χ3v) is 2.01. The lowest BCUT2D eigenvalue weighted by Gasteiger charge is -2.01. The Morgan fingerprint density at radius 2 is 1.62 bits per heavy atom. The Kier molecular flexibility index (Phi) is 1.48. The quantitative estimate of drug-likeness (QED) is 0.640. The van der Waals surface area contributed by atoms with E-state index in [1.807, 2.05) is 25.2 Å². The van der Waals surface area contributed by atoms with Gasteiger partial charge in [-0.2, -0.15) is 9.97 Å². The molecule has 13 heavy (non-hydrogen) atoms. The van der Waals surface area contributed by atoms with Crippen molar-refractivity contribution in [3.8, 4) is 0 Å². The summed E-state index contributed by atoms with van der Waals surface area (Å²) in [4.78, 5) is 12.5. The summed E-state index contributed by atoms with van der Waals surface area (Å²) in [5, 5.41) is 0. The molecule has 0 saturated carbocycles. The van der Waals surface area contributed by atoms with E-state index in [2.05, 4.69) is 15.0 Å². The normalized spacial score (nSPS) is 11.0. The minimum Gasteiger partial charge on any atom is -0.368 e. The van der Waals surface area contributed by atoms with E-state index in [9.17, 15) is 0 Å². The fourth-order valence-corrected chi connectivity index (χ4v) is 1.53. The number of imidazole rings is 1. The monoisotopic (exact) mass is 177 g/mol. The number of aromatic nitrogens is 4. The third-order valence-electron chi connectivity index (χ3n) is 2.01. The minimum atomic E-state index is 0.299.